The van der Waals surface area contributed by atoms with Crippen molar-refractivity contribution in [3.63, 3.8) is 0 Å². The topological polar surface area (TPSA) is 84.9 Å². The highest BCUT2D eigenvalue weighted by atomic mass is 35.5. The van der Waals surface area contributed by atoms with E-state index in [2.05, 4.69) is 0 Å². The maximum Gasteiger partial charge on any atom is 0.416 e. The van der Waals surface area contributed by atoms with Crippen LogP contribution in [0.4, 0.5) is 26.3 Å². The van der Waals surface area contributed by atoms with Crippen LogP contribution < -0.4 is 15.2 Å². The summed E-state index contributed by atoms with van der Waals surface area (Å²) in [5.74, 6) is -0.307. The lowest BCUT2D eigenvalue weighted by atomic mass is 10.00. The molecule has 0 aromatic heterocycles. The second-order valence-corrected chi connectivity index (χ2v) is 6.59. The van der Waals surface area contributed by atoms with Crippen molar-refractivity contribution >= 4 is 12.4 Å². The van der Waals surface area contributed by atoms with Gasteiger partial charge in [0.1, 0.15) is 17.2 Å². The van der Waals surface area contributed by atoms with Gasteiger partial charge in [-0.1, -0.05) is 0 Å². The zero-order valence-corrected chi connectivity index (χ0v) is 16.7. The molecule has 0 aliphatic rings. The van der Waals surface area contributed by atoms with Crippen LogP contribution in [0.5, 0.6) is 17.2 Å². The van der Waals surface area contributed by atoms with Crippen molar-refractivity contribution < 1.29 is 46.0 Å². The molecule has 0 amide bonds. The second-order valence-electron chi connectivity index (χ2n) is 6.59. The van der Waals surface area contributed by atoms with Crippen LogP contribution in [-0.2, 0) is 12.4 Å². The maximum atomic E-state index is 12.9. The molecule has 2 aromatic carbocycles. The summed E-state index contributed by atoms with van der Waals surface area (Å²) in [6.45, 7) is -0.840. The molecule has 2 aromatic rings. The average Bonchev–Trinajstić information content (AvgIpc) is 2.67. The summed E-state index contributed by atoms with van der Waals surface area (Å²) in [6.07, 6.45) is -9.81. The van der Waals surface area contributed by atoms with Gasteiger partial charge in [0, 0.05) is 6.42 Å². The van der Waals surface area contributed by atoms with Crippen LogP contribution in [0.15, 0.2) is 42.5 Å². The highest BCUT2D eigenvalue weighted by Crippen LogP contribution is 2.39. The summed E-state index contributed by atoms with van der Waals surface area (Å²) in [5.41, 5.74) is 1.53. The number of hydrogen-bond donors (Lipinski definition) is 3. The van der Waals surface area contributed by atoms with E-state index in [9.17, 15) is 26.3 Å². The van der Waals surface area contributed by atoms with Crippen LogP contribution in [-0.4, -0.2) is 35.6 Å². The number of aliphatic hydroxyl groups excluding tert-OH is 2. The van der Waals surface area contributed by atoms with E-state index >= 15 is 0 Å². The largest absolute Gasteiger partial charge is 0.494 e. The molecule has 0 atom stereocenters. The molecule has 0 fully saturated rings. The summed E-state index contributed by atoms with van der Waals surface area (Å²) < 4.78 is 87.9. The lowest BCUT2D eigenvalue weighted by Crippen LogP contribution is -2.48. The molecule has 0 heterocycles. The molecule has 5 nitrogen and oxygen atoms in total. The van der Waals surface area contributed by atoms with Crippen LogP contribution in [0, 0.1) is 0 Å². The molecular weight excluding hydrogens is 456 g/mol. The van der Waals surface area contributed by atoms with E-state index in [1.54, 1.807) is 0 Å². The minimum atomic E-state index is -4.97. The van der Waals surface area contributed by atoms with Crippen molar-refractivity contribution in [1.82, 2.24) is 0 Å². The van der Waals surface area contributed by atoms with E-state index in [1.165, 1.54) is 24.3 Å². The molecule has 174 valence electrons. The van der Waals surface area contributed by atoms with Gasteiger partial charge >= 0.3 is 12.4 Å². The predicted octanol–water partition coefficient (Wildman–Crippen LogP) is 4.39. The predicted molar refractivity (Wildman–Crippen MR) is 101 cm³/mol. The highest BCUT2D eigenvalue weighted by Gasteiger charge is 2.37. The summed E-state index contributed by atoms with van der Waals surface area (Å²) in [6, 6.07) is 6.36. The molecule has 0 spiro atoms. The van der Waals surface area contributed by atoms with Gasteiger partial charge in [-0.2, -0.15) is 26.3 Å². The van der Waals surface area contributed by atoms with E-state index in [0.717, 1.165) is 0 Å². The number of halogens is 7. The van der Waals surface area contributed by atoms with Gasteiger partial charge in [-0.15, -0.1) is 12.4 Å². The van der Waals surface area contributed by atoms with Crippen LogP contribution in [0.3, 0.4) is 0 Å². The van der Waals surface area contributed by atoms with Crippen LogP contribution in [0.2, 0.25) is 0 Å². The zero-order chi connectivity index (χ0) is 22.6. The van der Waals surface area contributed by atoms with Gasteiger partial charge in [0.05, 0.1) is 36.5 Å². The van der Waals surface area contributed by atoms with Crippen molar-refractivity contribution in [1.29, 1.82) is 0 Å². The Labute approximate surface area is 179 Å². The fourth-order valence-electron chi connectivity index (χ4n) is 2.31. The minimum absolute atomic E-state index is 0. The Kier molecular flexibility index (Phi) is 9.00. The first-order valence-corrected chi connectivity index (χ1v) is 8.57. The quantitative estimate of drug-likeness (QED) is 0.493. The van der Waals surface area contributed by atoms with Gasteiger partial charge < -0.3 is 25.4 Å². The zero-order valence-electron chi connectivity index (χ0n) is 15.8. The second kappa shape index (κ2) is 10.4. The summed E-state index contributed by atoms with van der Waals surface area (Å²) in [7, 11) is 0. The van der Waals surface area contributed by atoms with Crippen LogP contribution in [0.25, 0.3) is 0 Å². The molecule has 0 aliphatic heterocycles. The molecule has 0 bridgehead atoms. The number of ether oxygens (including phenoxy) is 2. The Morgan fingerprint density at radius 2 is 1.19 bits per heavy atom. The monoisotopic (exact) mass is 475 g/mol. The van der Waals surface area contributed by atoms with Crippen molar-refractivity contribution in [2.75, 3.05) is 19.8 Å². The summed E-state index contributed by atoms with van der Waals surface area (Å²) in [4.78, 5) is 0. The summed E-state index contributed by atoms with van der Waals surface area (Å²) in [5, 5.41) is 18.2. The summed E-state index contributed by atoms with van der Waals surface area (Å²) >= 11 is 0. The molecule has 0 aliphatic carbocycles. The SMILES string of the molecule is Cl.NC(CO)(CO)CCOc1ccc(Oc2cc(C(F)(F)F)cc(C(F)(F)F)c2)cc1. The van der Waals surface area contributed by atoms with Crippen molar-refractivity contribution in [3.05, 3.63) is 53.6 Å². The van der Waals surface area contributed by atoms with E-state index in [0.29, 0.717) is 17.9 Å². The Morgan fingerprint density at radius 3 is 1.61 bits per heavy atom. The molecule has 0 saturated carbocycles. The fraction of sp³-hybridized carbons (Fsp3) is 0.368. The number of alkyl halides is 6. The van der Waals surface area contributed by atoms with Gasteiger partial charge in [0.25, 0.3) is 0 Å². The Bertz CT molecular complexity index is 807. The smallest absolute Gasteiger partial charge is 0.416 e. The Balaban J connectivity index is 0.00000480. The lowest BCUT2D eigenvalue weighted by Gasteiger charge is -2.24. The van der Waals surface area contributed by atoms with Gasteiger partial charge in [-0.25, -0.2) is 0 Å². The first-order valence-electron chi connectivity index (χ1n) is 8.57. The molecule has 0 saturated heterocycles. The molecule has 31 heavy (non-hydrogen) atoms. The first-order chi connectivity index (χ1) is 13.9. The third-order valence-corrected chi connectivity index (χ3v) is 4.12. The van der Waals surface area contributed by atoms with Gasteiger partial charge in [-0.3, -0.25) is 0 Å². The van der Waals surface area contributed by atoms with Gasteiger partial charge in [0.2, 0.25) is 0 Å². The van der Waals surface area contributed by atoms with Crippen LogP contribution >= 0.6 is 12.4 Å². The third kappa shape index (κ3) is 7.76. The molecule has 0 radical (unpaired) electrons. The van der Waals surface area contributed by atoms with E-state index in [1.807, 2.05) is 0 Å². The average molecular weight is 476 g/mol. The maximum absolute atomic E-state index is 12.9. The number of aliphatic hydroxyl groups is 2. The molecule has 0 unspecified atom stereocenters. The molecule has 2 rings (SSSR count). The number of benzene rings is 2. The van der Waals surface area contributed by atoms with E-state index in [4.69, 9.17) is 25.4 Å². The first kappa shape index (κ1) is 26.8. The number of hydrogen-bond acceptors (Lipinski definition) is 5. The normalized spacial score (nSPS) is 12.3. The van der Waals surface area contributed by atoms with E-state index in [-0.39, 0.29) is 37.3 Å². The Morgan fingerprint density at radius 1 is 0.742 bits per heavy atom. The van der Waals surface area contributed by atoms with Crippen LogP contribution in [0.1, 0.15) is 17.5 Å². The third-order valence-electron chi connectivity index (χ3n) is 4.12. The van der Waals surface area contributed by atoms with Crippen molar-refractivity contribution in [2.45, 2.75) is 24.3 Å². The van der Waals surface area contributed by atoms with Crippen molar-refractivity contribution in [3.8, 4) is 17.2 Å². The van der Waals surface area contributed by atoms with E-state index < -0.39 is 48.0 Å². The molecular formula is C19H20ClF6NO4. The lowest BCUT2D eigenvalue weighted by molar-refractivity contribution is -0.143. The van der Waals surface area contributed by atoms with Gasteiger partial charge in [-0.05, 0) is 42.5 Å². The number of nitrogens with two attached hydrogens (primary N) is 1. The molecule has 4 N–H and O–H groups in total. The number of rotatable bonds is 8. The standard InChI is InChI=1S/C19H19F6NO4.ClH/c20-18(21,22)12-7-13(19(23,24)25)9-16(8-12)30-15-3-1-14(2-4-15)29-6-5-17(26,10-27)11-28;/h1-4,7-9,27-28H,5-6,10-11,26H2;1H. The Hall–Kier alpha value is -2.21. The fourth-order valence-corrected chi connectivity index (χ4v) is 2.31. The van der Waals surface area contributed by atoms with Gasteiger partial charge in [0.15, 0.2) is 0 Å². The minimum Gasteiger partial charge on any atom is -0.494 e. The van der Waals surface area contributed by atoms with Crippen molar-refractivity contribution in [2.24, 2.45) is 5.73 Å². The highest BCUT2D eigenvalue weighted by molar-refractivity contribution is 5.85. The molecule has 12 heteroatoms.